The number of hydrogen-bond donors (Lipinski definition) is 1. The third kappa shape index (κ3) is 2.67. The van der Waals surface area contributed by atoms with Crippen molar-refractivity contribution in [2.45, 2.75) is 5.75 Å². The second-order valence-corrected chi connectivity index (χ2v) is 4.64. The highest BCUT2D eigenvalue weighted by atomic mass is 32.2. The summed E-state index contributed by atoms with van der Waals surface area (Å²) < 4.78 is 27.2. The van der Waals surface area contributed by atoms with E-state index in [1.807, 2.05) is 0 Å². The van der Waals surface area contributed by atoms with Gasteiger partial charge in [0.2, 0.25) is 0 Å². The van der Waals surface area contributed by atoms with E-state index in [4.69, 9.17) is 10.2 Å². The highest BCUT2D eigenvalue weighted by Gasteiger charge is 2.11. The maximum atomic E-state index is 11.2. The molecule has 68 valence electrons. The fourth-order valence-corrected chi connectivity index (χ4v) is 1.96. The number of sulfone groups is 1. The third-order valence-corrected chi connectivity index (χ3v) is 2.95. The second-order valence-electron chi connectivity index (χ2n) is 2.46. The minimum atomic E-state index is -3.07. The molecule has 1 aromatic heterocycles. The van der Waals surface area contributed by atoms with E-state index in [1.165, 1.54) is 6.26 Å². The van der Waals surface area contributed by atoms with Gasteiger partial charge < -0.3 is 10.2 Å². The Morgan fingerprint density at radius 1 is 1.50 bits per heavy atom. The van der Waals surface area contributed by atoms with Crippen molar-refractivity contribution in [2.75, 3.05) is 12.3 Å². The Morgan fingerprint density at radius 3 is 2.75 bits per heavy atom. The van der Waals surface area contributed by atoms with Crippen LogP contribution in [-0.2, 0) is 15.6 Å². The summed E-state index contributed by atoms with van der Waals surface area (Å²) in [5.41, 5.74) is 5.13. The van der Waals surface area contributed by atoms with Crippen LogP contribution < -0.4 is 5.73 Å². The zero-order valence-corrected chi connectivity index (χ0v) is 7.38. The SMILES string of the molecule is NCCS(=O)(=O)Cc1ccco1. The van der Waals surface area contributed by atoms with Crippen LogP contribution in [0.3, 0.4) is 0 Å². The van der Waals surface area contributed by atoms with Crippen molar-refractivity contribution in [2.24, 2.45) is 5.73 Å². The van der Waals surface area contributed by atoms with Crippen LogP contribution in [-0.4, -0.2) is 20.7 Å². The average Bonchev–Trinajstić information content (AvgIpc) is 2.38. The van der Waals surface area contributed by atoms with Crippen molar-refractivity contribution in [3.63, 3.8) is 0 Å². The molecule has 0 saturated heterocycles. The maximum Gasteiger partial charge on any atom is 0.158 e. The van der Waals surface area contributed by atoms with Crippen molar-refractivity contribution in [1.29, 1.82) is 0 Å². The number of nitrogens with two attached hydrogens (primary N) is 1. The van der Waals surface area contributed by atoms with Crippen LogP contribution in [0.5, 0.6) is 0 Å². The molecule has 1 heterocycles. The van der Waals surface area contributed by atoms with Crippen molar-refractivity contribution in [1.82, 2.24) is 0 Å². The van der Waals surface area contributed by atoms with Gasteiger partial charge in [0.25, 0.3) is 0 Å². The minimum Gasteiger partial charge on any atom is -0.468 e. The summed E-state index contributed by atoms with van der Waals surface area (Å²) >= 11 is 0. The van der Waals surface area contributed by atoms with Gasteiger partial charge in [0, 0.05) is 6.54 Å². The van der Waals surface area contributed by atoms with E-state index in [-0.39, 0.29) is 18.1 Å². The number of hydrogen-bond acceptors (Lipinski definition) is 4. The van der Waals surface area contributed by atoms with Gasteiger partial charge in [-0.2, -0.15) is 0 Å². The number of furan rings is 1. The molecule has 5 heteroatoms. The molecule has 12 heavy (non-hydrogen) atoms. The Labute approximate surface area is 71.3 Å². The van der Waals surface area contributed by atoms with Crippen molar-refractivity contribution >= 4 is 9.84 Å². The zero-order chi connectivity index (χ0) is 9.03. The highest BCUT2D eigenvalue weighted by molar-refractivity contribution is 7.90. The normalized spacial score (nSPS) is 11.8. The Hall–Kier alpha value is -0.810. The summed E-state index contributed by atoms with van der Waals surface area (Å²) in [4.78, 5) is 0. The molecule has 0 atom stereocenters. The van der Waals surface area contributed by atoms with Gasteiger partial charge in [-0.15, -0.1) is 0 Å². The molecular weight excluding hydrogens is 178 g/mol. The summed E-state index contributed by atoms with van der Waals surface area (Å²) in [7, 11) is -3.07. The van der Waals surface area contributed by atoms with Crippen LogP contribution in [0.25, 0.3) is 0 Å². The summed E-state index contributed by atoms with van der Waals surface area (Å²) in [6, 6.07) is 3.29. The lowest BCUT2D eigenvalue weighted by Gasteiger charge is -1.98. The van der Waals surface area contributed by atoms with Crippen LogP contribution >= 0.6 is 0 Å². The molecule has 0 radical (unpaired) electrons. The predicted octanol–water partition coefficient (Wildman–Crippen LogP) is 0.153. The lowest BCUT2D eigenvalue weighted by molar-refractivity contribution is 0.520. The summed E-state index contributed by atoms with van der Waals surface area (Å²) in [6.07, 6.45) is 1.45. The number of rotatable bonds is 4. The van der Waals surface area contributed by atoms with Gasteiger partial charge in [0.05, 0.1) is 12.0 Å². The smallest absolute Gasteiger partial charge is 0.158 e. The van der Waals surface area contributed by atoms with Crippen LogP contribution in [0.15, 0.2) is 22.8 Å². The van der Waals surface area contributed by atoms with E-state index in [1.54, 1.807) is 12.1 Å². The molecule has 0 aliphatic rings. The quantitative estimate of drug-likeness (QED) is 0.731. The molecule has 1 rings (SSSR count). The van der Waals surface area contributed by atoms with Crippen LogP contribution in [0.2, 0.25) is 0 Å². The molecule has 0 spiro atoms. The first-order valence-corrected chi connectivity index (χ1v) is 5.39. The molecule has 0 aliphatic heterocycles. The fraction of sp³-hybridized carbons (Fsp3) is 0.429. The van der Waals surface area contributed by atoms with Crippen molar-refractivity contribution < 1.29 is 12.8 Å². The van der Waals surface area contributed by atoms with E-state index >= 15 is 0 Å². The molecule has 0 saturated carbocycles. The van der Waals surface area contributed by atoms with Gasteiger partial charge in [-0.3, -0.25) is 0 Å². The predicted molar refractivity (Wildman–Crippen MR) is 45.3 cm³/mol. The largest absolute Gasteiger partial charge is 0.468 e. The summed E-state index contributed by atoms with van der Waals surface area (Å²) in [5.74, 6) is 0.411. The Morgan fingerprint density at radius 2 is 2.25 bits per heavy atom. The minimum absolute atomic E-state index is 0.00764. The Bertz CT molecular complexity index is 314. The molecule has 0 bridgehead atoms. The second kappa shape index (κ2) is 3.73. The third-order valence-electron chi connectivity index (χ3n) is 1.37. The Balaban J connectivity index is 2.63. The van der Waals surface area contributed by atoms with E-state index in [2.05, 4.69) is 0 Å². The van der Waals surface area contributed by atoms with Gasteiger partial charge in [0.1, 0.15) is 11.5 Å². The molecule has 0 unspecified atom stereocenters. The molecule has 0 aliphatic carbocycles. The lowest BCUT2D eigenvalue weighted by Crippen LogP contribution is -2.16. The molecule has 0 amide bonds. The van der Waals surface area contributed by atoms with E-state index in [0.717, 1.165) is 0 Å². The monoisotopic (exact) mass is 189 g/mol. The van der Waals surface area contributed by atoms with Gasteiger partial charge in [-0.1, -0.05) is 0 Å². The summed E-state index contributed by atoms with van der Waals surface area (Å²) in [5, 5.41) is 0. The first-order chi connectivity index (χ1) is 5.64. The standard InChI is InChI=1S/C7H11NO3S/c8-3-5-12(9,10)6-7-2-1-4-11-7/h1-2,4H,3,5-6,8H2. The molecule has 0 aromatic carbocycles. The van der Waals surface area contributed by atoms with Gasteiger partial charge in [0.15, 0.2) is 9.84 Å². The molecule has 0 fully saturated rings. The topological polar surface area (TPSA) is 73.3 Å². The summed E-state index contributed by atoms with van der Waals surface area (Å²) in [6.45, 7) is 0.156. The zero-order valence-electron chi connectivity index (χ0n) is 6.56. The van der Waals surface area contributed by atoms with Crippen LogP contribution in [0, 0.1) is 0 Å². The molecular formula is C7H11NO3S. The van der Waals surface area contributed by atoms with E-state index in [0.29, 0.717) is 5.76 Å². The fourth-order valence-electron chi connectivity index (χ4n) is 0.863. The van der Waals surface area contributed by atoms with Gasteiger partial charge in [-0.05, 0) is 12.1 Å². The van der Waals surface area contributed by atoms with Crippen molar-refractivity contribution in [3.05, 3.63) is 24.2 Å². The lowest BCUT2D eigenvalue weighted by atomic mass is 10.5. The van der Waals surface area contributed by atoms with Gasteiger partial charge >= 0.3 is 0 Å². The first kappa shape index (κ1) is 9.28. The molecule has 1 aromatic rings. The average molecular weight is 189 g/mol. The van der Waals surface area contributed by atoms with Crippen LogP contribution in [0.1, 0.15) is 5.76 Å². The maximum absolute atomic E-state index is 11.2. The van der Waals surface area contributed by atoms with E-state index in [9.17, 15) is 8.42 Å². The Kier molecular flexibility index (Phi) is 2.88. The molecule has 4 nitrogen and oxygen atoms in total. The van der Waals surface area contributed by atoms with Crippen molar-refractivity contribution in [3.8, 4) is 0 Å². The van der Waals surface area contributed by atoms with Gasteiger partial charge in [-0.25, -0.2) is 8.42 Å². The first-order valence-electron chi connectivity index (χ1n) is 3.57. The van der Waals surface area contributed by atoms with Crippen LogP contribution in [0.4, 0.5) is 0 Å². The van der Waals surface area contributed by atoms with E-state index < -0.39 is 9.84 Å². The highest BCUT2D eigenvalue weighted by Crippen LogP contribution is 2.06. The molecule has 2 N–H and O–H groups in total.